The molecule has 1 aliphatic heterocycles. The Hall–Kier alpha value is -8.34. The molecule has 0 fully saturated rings. The van der Waals surface area contributed by atoms with Crippen molar-refractivity contribution in [2.45, 2.75) is 19.3 Å². The molecule has 14 rings (SSSR count). The number of para-hydroxylation sites is 2. The van der Waals surface area contributed by atoms with Crippen molar-refractivity contribution in [3.05, 3.63) is 223 Å². The molecule has 3 heterocycles. The van der Waals surface area contributed by atoms with E-state index < -0.39 is 0 Å². The van der Waals surface area contributed by atoms with Crippen LogP contribution in [0.25, 0.3) is 82.5 Å². The highest BCUT2D eigenvalue weighted by atomic mass is 16.3. The van der Waals surface area contributed by atoms with Crippen LogP contribution in [0.1, 0.15) is 25.0 Å². The average Bonchev–Trinajstić information content (AvgIpc) is 3.96. The summed E-state index contributed by atoms with van der Waals surface area (Å²) in [5, 5.41) is 7.17. The zero-order valence-corrected chi connectivity index (χ0v) is 36.0. The van der Waals surface area contributed by atoms with Crippen LogP contribution < -0.4 is 9.80 Å². The minimum Gasteiger partial charge on any atom is -0.456 e. The molecule has 65 heavy (non-hydrogen) atoms. The van der Waals surface area contributed by atoms with Gasteiger partial charge in [-0.15, -0.1) is 0 Å². The molecule has 0 saturated heterocycles. The van der Waals surface area contributed by atoms with Crippen molar-refractivity contribution in [2.75, 3.05) is 9.80 Å². The molecule has 10 aromatic carbocycles. The van der Waals surface area contributed by atoms with Gasteiger partial charge in [0.1, 0.15) is 11.2 Å². The molecular weight excluding hydrogens is 791 g/mol. The molecule has 0 amide bonds. The predicted octanol–water partition coefficient (Wildman–Crippen LogP) is 17.1. The van der Waals surface area contributed by atoms with Crippen molar-refractivity contribution in [2.24, 2.45) is 0 Å². The predicted molar refractivity (Wildman–Crippen MR) is 271 cm³/mol. The monoisotopic (exact) mass is 831 g/mol. The van der Waals surface area contributed by atoms with Gasteiger partial charge in [0.05, 0.1) is 16.7 Å². The normalized spacial score (nSPS) is 13.8. The van der Waals surface area contributed by atoms with Gasteiger partial charge in [0.25, 0.3) is 0 Å². The summed E-state index contributed by atoms with van der Waals surface area (Å²) in [7, 11) is 0. The zero-order chi connectivity index (χ0) is 43.0. The van der Waals surface area contributed by atoms with E-state index in [0.29, 0.717) is 0 Å². The van der Waals surface area contributed by atoms with Gasteiger partial charge in [-0.25, -0.2) is 0 Å². The Morgan fingerprint density at radius 1 is 0.354 bits per heavy atom. The van der Waals surface area contributed by atoms with Gasteiger partial charge in [-0.1, -0.05) is 129 Å². The Morgan fingerprint density at radius 2 is 0.862 bits per heavy atom. The van der Waals surface area contributed by atoms with Gasteiger partial charge in [-0.05, 0) is 130 Å². The SMILES string of the molecule is CC1(C)c2ccc3cc2-c2cc(ccc21)N(c1ccc2c4ccccc4n(-c4cccc5ccccc45)c2c1)c1cccc(c1)-c1cccc(c1)N3c1ccc2c(c1)oc1ccccc12. The van der Waals surface area contributed by atoms with Gasteiger partial charge >= 0.3 is 0 Å². The summed E-state index contributed by atoms with van der Waals surface area (Å²) in [6.07, 6.45) is 0. The second-order valence-corrected chi connectivity index (χ2v) is 18.2. The fourth-order valence-corrected chi connectivity index (χ4v) is 11.2. The first-order chi connectivity index (χ1) is 32.0. The summed E-state index contributed by atoms with van der Waals surface area (Å²) >= 11 is 0. The summed E-state index contributed by atoms with van der Waals surface area (Å²) in [5.74, 6) is 0. The van der Waals surface area contributed by atoms with Crippen LogP contribution in [0, 0.1) is 0 Å². The molecule has 0 saturated carbocycles. The highest BCUT2D eigenvalue weighted by Crippen LogP contribution is 2.53. The number of aromatic nitrogens is 1. The van der Waals surface area contributed by atoms with Crippen LogP contribution in [0.4, 0.5) is 34.1 Å². The maximum atomic E-state index is 6.47. The van der Waals surface area contributed by atoms with Crippen molar-refractivity contribution in [3.63, 3.8) is 0 Å². The number of anilines is 6. The van der Waals surface area contributed by atoms with Crippen LogP contribution in [0.15, 0.2) is 217 Å². The van der Waals surface area contributed by atoms with Crippen molar-refractivity contribution in [1.82, 2.24) is 4.57 Å². The fraction of sp³-hybridized carbons (Fsp3) is 0.0492. The largest absolute Gasteiger partial charge is 0.456 e. The lowest BCUT2D eigenvalue weighted by Gasteiger charge is -2.28. The summed E-state index contributed by atoms with van der Waals surface area (Å²) < 4.78 is 8.94. The number of hydrogen-bond acceptors (Lipinski definition) is 3. The first-order valence-corrected chi connectivity index (χ1v) is 22.5. The Bertz CT molecular complexity index is 3960. The second-order valence-electron chi connectivity index (χ2n) is 18.2. The van der Waals surface area contributed by atoms with Crippen molar-refractivity contribution < 1.29 is 4.42 Å². The van der Waals surface area contributed by atoms with Crippen LogP contribution in [0.5, 0.6) is 0 Å². The molecule has 4 nitrogen and oxygen atoms in total. The van der Waals surface area contributed by atoms with Crippen molar-refractivity contribution in [3.8, 4) is 27.9 Å². The maximum absolute atomic E-state index is 6.47. The number of nitrogens with zero attached hydrogens (tertiary/aromatic N) is 3. The molecule has 0 N–H and O–H groups in total. The molecule has 4 heteroatoms. The first-order valence-electron chi connectivity index (χ1n) is 22.5. The molecule has 8 bridgehead atoms. The molecule has 306 valence electrons. The van der Waals surface area contributed by atoms with E-state index in [2.05, 4.69) is 228 Å². The molecule has 12 aromatic rings. The number of benzene rings is 10. The summed E-state index contributed by atoms with van der Waals surface area (Å²) in [5.41, 5.74) is 19.1. The van der Waals surface area contributed by atoms with E-state index in [0.717, 1.165) is 67.2 Å². The third kappa shape index (κ3) is 5.25. The summed E-state index contributed by atoms with van der Waals surface area (Å²) in [6.45, 7) is 4.73. The van der Waals surface area contributed by atoms with E-state index in [1.807, 2.05) is 12.1 Å². The van der Waals surface area contributed by atoms with E-state index in [4.69, 9.17) is 4.42 Å². The summed E-state index contributed by atoms with van der Waals surface area (Å²) in [6, 6.07) is 78.3. The van der Waals surface area contributed by atoms with E-state index in [1.165, 1.54) is 60.5 Å². The standard InChI is InChI=1S/C61H41N3O/c1-61(2)54-30-26-43-34-52(54)53-35-44(27-31-55(53)61)63(46-25-29-51-50-20-6-8-23-59(50)65-60(51)37-46)42-17-10-15-40(33-42)39-14-9-16-41(32-39)62(43)45-24-28-49-48-19-5-7-21-57(48)64(58(49)36-45)56-22-11-13-38-12-3-4-18-47(38)56/h3-37H,1-2H3. The molecule has 2 aromatic heterocycles. The lowest BCUT2D eigenvalue weighted by Crippen LogP contribution is -2.16. The third-order valence-electron chi connectivity index (χ3n) is 14.2. The third-order valence-corrected chi connectivity index (χ3v) is 14.2. The Labute approximate surface area is 376 Å². The highest BCUT2D eigenvalue weighted by Gasteiger charge is 2.37. The lowest BCUT2D eigenvalue weighted by molar-refractivity contribution is 0.660. The molecule has 1 aliphatic carbocycles. The van der Waals surface area contributed by atoms with Crippen LogP contribution in [0.2, 0.25) is 0 Å². The number of hydrogen-bond donors (Lipinski definition) is 0. The Kier molecular flexibility index (Phi) is 7.42. The number of furan rings is 1. The smallest absolute Gasteiger partial charge is 0.137 e. The van der Waals surface area contributed by atoms with Gasteiger partial charge < -0.3 is 18.8 Å². The number of fused-ring (bicyclic) bond motifs is 14. The molecule has 0 unspecified atom stereocenters. The van der Waals surface area contributed by atoms with Crippen LogP contribution in [0.3, 0.4) is 0 Å². The van der Waals surface area contributed by atoms with Gasteiger partial charge in [-0.2, -0.15) is 0 Å². The van der Waals surface area contributed by atoms with Crippen LogP contribution in [-0.4, -0.2) is 4.57 Å². The minimum atomic E-state index is -0.184. The fourth-order valence-electron chi connectivity index (χ4n) is 11.2. The molecule has 0 atom stereocenters. The van der Waals surface area contributed by atoms with Crippen LogP contribution >= 0.6 is 0 Å². The highest BCUT2D eigenvalue weighted by molar-refractivity contribution is 6.12. The molecule has 0 radical (unpaired) electrons. The number of rotatable bonds is 3. The summed E-state index contributed by atoms with van der Waals surface area (Å²) in [4.78, 5) is 4.84. The van der Waals surface area contributed by atoms with Gasteiger partial charge in [0.15, 0.2) is 0 Å². The molecule has 0 spiro atoms. The van der Waals surface area contributed by atoms with Gasteiger partial charge in [0.2, 0.25) is 0 Å². The van der Waals surface area contributed by atoms with E-state index in [1.54, 1.807) is 0 Å². The minimum absolute atomic E-state index is 0.184. The Balaban J connectivity index is 1.01. The van der Waals surface area contributed by atoms with Crippen molar-refractivity contribution >= 4 is 88.6 Å². The van der Waals surface area contributed by atoms with E-state index >= 15 is 0 Å². The quantitative estimate of drug-likeness (QED) is 0.177. The second kappa shape index (κ2) is 13.3. The Morgan fingerprint density at radius 3 is 1.58 bits per heavy atom. The topological polar surface area (TPSA) is 24.6 Å². The van der Waals surface area contributed by atoms with E-state index in [-0.39, 0.29) is 5.41 Å². The lowest BCUT2D eigenvalue weighted by atomic mass is 9.82. The van der Waals surface area contributed by atoms with Crippen LogP contribution in [-0.2, 0) is 5.41 Å². The first kappa shape index (κ1) is 36.2. The van der Waals surface area contributed by atoms with Crippen molar-refractivity contribution in [1.29, 1.82) is 0 Å². The maximum Gasteiger partial charge on any atom is 0.137 e. The average molecular weight is 832 g/mol. The van der Waals surface area contributed by atoms with Gasteiger partial charge in [0, 0.05) is 72.5 Å². The van der Waals surface area contributed by atoms with E-state index in [9.17, 15) is 0 Å². The molecule has 2 aliphatic rings. The molecular formula is C61H41N3O. The zero-order valence-electron chi connectivity index (χ0n) is 36.0. The van der Waals surface area contributed by atoms with Gasteiger partial charge in [-0.3, -0.25) is 0 Å².